The van der Waals surface area contributed by atoms with Crippen LogP contribution < -0.4 is 0 Å². The first-order valence-electron chi connectivity index (χ1n) is 6.26. The fraction of sp³-hybridized carbons (Fsp3) is 0.176. The highest BCUT2D eigenvalue weighted by atomic mass is 16.3. The Morgan fingerprint density at radius 3 is 2.72 bits per heavy atom. The van der Waals surface area contributed by atoms with Crippen molar-refractivity contribution in [1.29, 1.82) is 0 Å². The van der Waals surface area contributed by atoms with Crippen molar-refractivity contribution in [2.75, 3.05) is 0 Å². The van der Waals surface area contributed by atoms with Crippen molar-refractivity contribution in [2.24, 2.45) is 0 Å². The third-order valence-corrected chi connectivity index (χ3v) is 3.59. The fourth-order valence-corrected chi connectivity index (χ4v) is 2.42. The van der Waals surface area contributed by atoms with Crippen LogP contribution in [0.25, 0.3) is 27.5 Å². The summed E-state index contributed by atoms with van der Waals surface area (Å²) in [6.45, 7) is 6.33. The Hall–Kier alpha value is -2.02. The summed E-state index contributed by atoms with van der Waals surface area (Å²) < 4.78 is 5.88. The van der Waals surface area contributed by atoms with Crippen molar-refractivity contribution < 1.29 is 4.42 Å². The first-order valence-corrected chi connectivity index (χ1v) is 6.26. The lowest BCUT2D eigenvalue weighted by Crippen LogP contribution is -1.79. The Morgan fingerprint density at radius 2 is 1.94 bits per heavy atom. The van der Waals surface area contributed by atoms with Gasteiger partial charge in [0.05, 0.1) is 0 Å². The Balaban J connectivity index is 2.42. The second-order valence-corrected chi connectivity index (χ2v) is 4.73. The van der Waals surface area contributed by atoms with Gasteiger partial charge in [0.25, 0.3) is 0 Å². The largest absolute Gasteiger partial charge is 0.456 e. The van der Waals surface area contributed by atoms with E-state index in [0.29, 0.717) is 0 Å². The average Bonchev–Trinajstić information content (AvgIpc) is 2.76. The molecule has 2 aromatic carbocycles. The zero-order chi connectivity index (χ0) is 12.7. The molecule has 0 bridgehead atoms. The Labute approximate surface area is 107 Å². The summed E-state index contributed by atoms with van der Waals surface area (Å²) in [7, 11) is 0. The molecule has 0 saturated carbocycles. The molecule has 1 heterocycles. The van der Waals surface area contributed by atoms with Gasteiger partial charge in [-0.25, -0.2) is 0 Å². The lowest BCUT2D eigenvalue weighted by atomic mass is 10.0. The van der Waals surface area contributed by atoms with Gasteiger partial charge in [-0.15, -0.1) is 0 Å². The third-order valence-electron chi connectivity index (χ3n) is 3.59. The Kier molecular flexibility index (Phi) is 2.48. The van der Waals surface area contributed by atoms with Crippen LogP contribution in [-0.2, 0) is 0 Å². The number of rotatable bonds is 1. The molecular weight excluding hydrogens is 220 g/mol. The first kappa shape index (κ1) is 11.1. The smallest absolute Gasteiger partial charge is 0.135 e. The van der Waals surface area contributed by atoms with Crippen molar-refractivity contribution in [2.45, 2.75) is 20.8 Å². The molecular formula is C17H16O. The molecule has 0 unspecified atom stereocenters. The topological polar surface area (TPSA) is 13.1 Å². The normalized spacial score (nSPS) is 12.5. The van der Waals surface area contributed by atoms with E-state index in [1.807, 2.05) is 12.1 Å². The van der Waals surface area contributed by atoms with Gasteiger partial charge in [-0.3, -0.25) is 0 Å². The predicted molar refractivity (Wildman–Crippen MR) is 77.8 cm³/mol. The lowest BCUT2D eigenvalue weighted by molar-refractivity contribution is 0.669. The predicted octanol–water partition coefficient (Wildman–Crippen LogP) is 5.32. The Bertz CT molecular complexity index is 760. The number of hydrogen-bond acceptors (Lipinski definition) is 1. The highest BCUT2D eigenvalue weighted by Gasteiger charge is 2.09. The van der Waals surface area contributed by atoms with E-state index in [1.165, 1.54) is 27.5 Å². The number of aryl methyl sites for hydroxylation is 1. The van der Waals surface area contributed by atoms with Crippen molar-refractivity contribution in [1.82, 2.24) is 0 Å². The molecule has 0 N–H and O–H groups in total. The molecule has 1 nitrogen and oxygen atoms in total. The van der Waals surface area contributed by atoms with Crippen LogP contribution in [0.2, 0.25) is 0 Å². The molecule has 90 valence electrons. The summed E-state index contributed by atoms with van der Waals surface area (Å²) >= 11 is 0. The number of benzene rings is 2. The molecule has 0 aliphatic carbocycles. The van der Waals surface area contributed by atoms with Crippen LogP contribution in [0.15, 0.2) is 46.9 Å². The van der Waals surface area contributed by atoms with Gasteiger partial charge in [-0.05, 0) is 55.7 Å². The van der Waals surface area contributed by atoms with Crippen molar-refractivity contribution in [3.63, 3.8) is 0 Å². The molecule has 0 saturated heterocycles. The second-order valence-electron chi connectivity index (χ2n) is 4.73. The monoisotopic (exact) mass is 236 g/mol. The van der Waals surface area contributed by atoms with Crippen LogP contribution in [0, 0.1) is 6.92 Å². The van der Waals surface area contributed by atoms with Gasteiger partial charge in [0.1, 0.15) is 11.2 Å². The van der Waals surface area contributed by atoms with E-state index < -0.39 is 0 Å². The molecule has 1 heteroatoms. The van der Waals surface area contributed by atoms with E-state index in [1.54, 1.807) is 0 Å². The van der Waals surface area contributed by atoms with E-state index in [2.05, 4.69) is 51.1 Å². The van der Waals surface area contributed by atoms with Crippen LogP contribution in [0.5, 0.6) is 0 Å². The van der Waals surface area contributed by atoms with Gasteiger partial charge < -0.3 is 4.42 Å². The van der Waals surface area contributed by atoms with E-state index in [0.717, 1.165) is 11.2 Å². The maximum Gasteiger partial charge on any atom is 0.135 e. The number of allylic oxidation sites excluding steroid dienone is 2. The van der Waals surface area contributed by atoms with Gasteiger partial charge >= 0.3 is 0 Å². The van der Waals surface area contributed by atoms with Gasteiger partial charge in [0.2, 0.25) is 0 Å². The lowest BCUT2D eigenvalue weighted by Gasteiger charge is -2.01. The summed E-state index contributed by atoms with van der Waals surface area (Å²) in [6, 6.07) is 12.6. The minimum atomic E-state index is 0.965. The highest BCUT2D eigenvalue weighted by Crippen LogP contribution is 2.32. The summed E-state index contributed by atoms with van der Waals surface area (Å²) in [6.07, 6.45) is 2.14. The zero-order valence-electron chi connectivity index (χ0n) is 10.9. The molecule has 0 spiro atoms. The van der Waals surface area contributed by atoms with Crippen molar-refractivity contribution >= 4 is 27.5 Å². The van der Waals surface area contributed by atoms with Gasteiger partial charge in [0.15, 0.2) is 0 Å². The Morgan fingerprint density at radius 1 is 1.11 bits per heavy atom. The molecule has 0 atom stereocenters. The SMILES string of the molecule is C/C=C(\C)c1ccc2oc3cccc(C)c3c2c1. The molecule has 0 radical (unpaired) electrons. The van der Waals surface area contributed by atoms with Crippen LogP contribution in [0.4, 0.5) is 0 Å². The van der Waals surface area contributed by atoms with Crippen molar-refractivity contribution in [3.8, 4) is 0 Å². The van der Waals surface area contributed by atoms with E-state index in [9.17, 15) is 0 Å². The summed E-state index contributed by atoms with van der Waals surface area (Å²) in [5.74, 6) is 0. The molecule has 3 aromatic rings. The standard InChI is InChI=1S/C17H16O/c1-4-11(2)13-8-9-15-14(10-13)17-12(3)6-5-7-16(17)18-15/h4-10H,1-3H3/b11-4+. The molecule has 0 aliphatic rings. The molecule has 1 aromatic heterocycles. The summed E-state index contributed by atoms with van der Waals surface area (Å²) in [5.41, 5.74) is 5.75. The zero-order valence-corrected chi connectivity index (χ0v) is 10.9. The molecule has 0 fully saturated rings. The molecule has 0 aliphatic heterocycles. The molecule has 18 heavy (non-hydrogen) atoms. The maximum atomic E-state index is 5.88. The fourth-order valence-electron chi connectivity index (χ4n) is 2.42. The van der Waals surface area contributed by atoms with E-state index in [4.69, 9.17) is 4.42 Å². The number of hydrogen-bond donors (Lipinski definition) is 0. The summed E-state index contributed by atoms with van der Waals surface area (Å²) in [5, 5.41) is 2.44. The minimum absolute atomic E-state index is 0.965. The van der Waals surface area contributed by atoms with Gasteiger partial charge in [0, 0.05) is 10.8 Å². The average molecular weight is 236 g/mol. The van der Waals surface area contributed by atoms with Crippen LogP contribution in [0.3, 0.4) is 0 Å². The van der Waals surface area contributed by atoms with E-state index >= 15 is 0 Å². The van der Waals surface area contributed by atoms with Crippen LogP contribution in [-0.4, -0.2) is 0 Å². The van der Waals surface area contributed by atoms with Gasteiger partial charge in [-0.2, -0.15) is 0 Å². The molecule has 3 rings (SSSR count). The van der Waals surface area contributed by atoms with Gasteiger partial charge in [-0.1, -0.05) is 24.3 Å². The third kappa shape index (κ3) is 1.55. The second kappa shape index (κ2) is 4.02. The highest BCUT2D eigenvalue weighted by molar-refractivity contribution is 6.07. The van der Waals surface area contributed by atoms with Crippen LogP contribution in [0.1, 0.15) is 25.0 Å². The summed E-state index contributed by atoms with van der Waals surface area (Å²) in [4.78, 5) is 0. The number of fused-ring (bicyclic) bond motifs is 3. The van der Waals surface area contributed by atoms with Crippen molar-refractivity contribution in [3.05, 3.63) is 53.6 Å². The minimum Gasteiger partial charge on any atom is -0.456 e. The quantitative estimate of drug-likeness (QED) is 0.557. The number of furan rings is 1. The first-order chi connectivity index (χ1) is 8.70. The molecule has 0 amide bonds. The van der Waals surface area contributed by atoms with Crippen LogP contribution >= 0.6 is 0 Å². The maximum absolute atomic E-state index is 5.88. The van der Waals surface area contributed by atoms with E-state index in [-0.39, 0.29) is 0 Å².